The average molecular weight is 482 g/mol. The lowest BCUT2D eigenvalue weighted by atomic mass is 10.0. The molecule has 0 atom stereocenters. The van der Waals surface area contributed by atoms with E-state index in [1.807, 2.05) is 24.3 Å². The Bertz CT molecular complexity index is 1120. The third kappa shape index (κ3) is 8.38. The molecule has 0 radical (unpaired) electrons. The number of carbonyl (C=O) groups is 1. The molecule has 0 aliphatic carbocycles. The van der Waals surface area contributed by atoms with Gasteiger partial charge in [-0.2, -0.15) is 5.26 Å². The fourth-order valence-electron chi connectivity index (χ4n) is 4.42. The molecule has 188 valence electrons. The summed E-state index contributed by atoms with van der Waals surface area (Å²) >= 11 is 0. The zero-order valence-corrected chi connectivity index (χ0v) is 21.9. The maximum Gasteiger partial charge on any atom is 0.343 e. The van der Waals surface area contributed by atoms with E-state index in [1.54, 1.807) is 18.2 Å². The van der Waals surface area contributed by atoms with E-state index in [9.17, 15) is 10.1 Å². The zero-order valence-electron chi connectivity index (χ0n) is 21.9. The van der Waals surface area contributed by atoms with Crippen molar-refractivity contribution in [1.82, 2.24) is 0 Å². The average Bonchev–Trinajstić information content (AvgIpc) is 2.92. The van der Waals surface area contributed by atoms with Crippen LogP contribution in [0.1, 0.15) is 98.7 Å². The molecule has 36 heavy (non-hydrogen) atoms. The summed E-state index contributed by atoms with van der Waals surface area (Å²) < 4.78 is 5.59. The van der Waals surface area contributed by atoms with Crippen LogP contribution in [0.2, 0.25) is 0 Å². The van der Waals surface area contributed by atoms with E-state index in [1.165, 1.54) is 56.9 Å². The van der Waals surface area contributed by atoms with E-state index in [2.05, 4.69) is 44.2 Å². The first-order valence-electron chi connectivity index (χ1n) is 13.6. The van der Waals surface area contributed by atoms with Crippen LogP contribution in [0, 0.1) is 11.3 Å². The van der Waals surface area contributed by atoms with Crippen molar-refractivity contribution in [1.29, 1.82) is 5.26 Å². The lowest BCUT2D eigenvalue weighted by molar-refractivity contribution is 0.0734. The minimum atomic E-state index is -0.451. The number of nitriles is 1. The summed E-state index contributed by atoms with van der Waals surface area (Å²) in [5.41, 5.74) is 5.54. The lowest BCUT2D eigenvalue weighted by Gasteiger charge is -2.09. The molecule has 3 nitrogen and oxygen atoms in total. The molecule has 0 amide bonds. The van der Waals surface area contributed by atoms with Crippen molar-refractivity contribution in [3.8, 4) is 22.9 Å². The summed E-state index contributed by atoms with van der Waals surface area (Å²) in [7, 11) is 0. The molecule has 0 aromatic heterocycles. The van der Waals surface area contributed by atoms with Gasteiger partial charge >= 0.3 is 5.97 Å². The van der Waals surface area contributed by atoms with Crippen molar-refractivity contribution in [2.45, 2.75) is 84.5 Å². The van der Waals surface area contributed by atoms with Gasteiger partial charge in [-0.3, -0.25) is 0 Å². The Morgan fingerprint density at radius 2 is 1.22 bits per heavy atom. The first-order valence-corrected chi connectivity index (χ1v) is 13.6. The highest BCUT2D eigenvalue weighted by atomic mass is 16.5. The molecule has 0 aliphatic rings. The molecule has 0 saturated heterocycles. The molecule has 0 fully saturated rings. The van der Waals surface area contributed by atoms with E-state index < -0.39 is 5.97 Å². The maximum atomic E-state index is 12.7. The Morgan fingerprint density at radius 3 is 1.83 bits per heavy atom. The second kappa shape index (κ2) is 14.9. The van der Waals surface area contributed by atoms with Crippen LogP contribution < -0.4 is 4.74 Å². The second-order valence-electron chi connectivity index (χ2n) is 9.58. The van der Waals surface area contributed by atoms with Crippen LogP contribution in [0.5, 0.6) is 5.75 Å². The van der Waals surface area contributed by atoms with Gasteiger partial charge in [-0.25, -0.2) is 4.79 Å². The van der Waals surface area contributed by atoms with Crippen molar-refractivity contribution < 1.29 is 9.53 Å². The largest absolute Gasteiger partial charge is 0.422 e. The number of ether oxygens (including phenoxy) is 1. The first kappa shape index (κ1) is 27.2. The van der Waals surface area contributed by atoms with E-state index in [0.29, 0.717) is 16.9 Å². The fourth-order valence-corrected chi connectivity index (χ4v) is 4.42. The van der Waals surface area contributed by atoms with E-state index in [4.69, 9.17) is 4.74 Å². The molecule has 0 saturated carbocycles. The Kier molecular flexibility index (Phi) is 11.3. The number of hydrogen-bond acceptors (Lipinski definition) is 3. The first-order chi connectivity index (χ1) is 17.6. The van der Waals surface area contributed by atoms with Crippen molar-refractivity contribution in [2.75, 3.05) is 0 Å². The third-order valence-corrected chi connectivity index (χ3v) is 6.66. The van der Waals surface area contributed by atoms with Crippen LogP contribution in [0.15, 0.2) is 66.7 Å². The minimum Gasteiger partial charge on any atom is -0.422 e. The molecule has 0 aliphatic heterocycles. The summed E-state index contributed by atoms with van der Waals surface area (Å²) in [6, 6.07) is 23.9. The smallest absolute Gasteiger partial charge is 0.343 e. The Hall–Kier alpha value is -3.38. The SMILES string of the molecule is CCCCCCCc1ccc(OC(=O)c2ccc(-c3ccc(CCCCCC)cc3)cc2)c(C#N)c1. The minimum absolute atomic E-state index is 0.316. The Balaban J connectivity index is 1.57. The van der Waals surface area contributed by atoms with Gasteiger partial charge < -0.3 is 4.74 Å². The van der Waals surface area contributed by atoms with Gasteiger partial charge in [0, 0.05) is 0 Å². The predicted octanol–water partition coefficient (Wildman–Crippen LogP) is 9.08. The van der Waals surface area contributed by atoms with Crippen molar-refractivity contribution in [3.05, 3.63) is 89.0 Å². The number of nitrogens with zero attached hydrogens (tertiary/aromatic N) is 1. The molecule has 0 N–H and O–H groups in total. The monoisotopic (exact) mass is 481 g/mol. The molecule has 3 aromatic rings. The number of benzene rings is 3. The van der Waals surface area contributed by atoms with Gasteiger partial charge in [-0.1, -0.05) is 101 Å². The molecule has 0 unspecified atom stereocenters. The second-order valence-corrected chi connectivity index (χ2v) is 9.58. The molecule has 3 aromatic carbocycles. The fraction of sp³-hybridized carbons (Fsp3) is 0.394. The van der Waals surface area contributed by atoms with Crippen LogP contribution in [0.4, 0.5) is 0 Å². The van der Waals surface area contributed by atoms with Crippen molar-refractivity contribution in [3.63, 3.8) is 0 Å². The highest BCUT2D eigenvalue weighted by Gasteiger charge is 2.13. The quantitative estimate of drug-likeness (QED) is 0.131. The topological polar surface area (TPSA) is 50.1 Å². The number of esters is 1. The van der Waals surface area contributed by atoms with Gasteiger partial charge in [0.15, 0.2) is 0 Å². The van der Waals surface area contributed by atoms with Gasteiger partial charge in [-0.15, -0.1) is 0 Å². The third-order valence-electron chi connectivity index (χ3n) is 6.66. The van der Waals surface area contributed by atoms with Gasteiger partial charge in [0.1, 0.15) is 11.8 Å². The normalized spacial score (nSPS) is 10.7. The summed E-state index contributed by atoms with van der Waals surface area (Å²) in [5, 5.41) is 9.58. The Labute approximate surface area is 217 Å². The van der Waals surface area contributed by atoms with Crippen LogP contribution in [-0.4, -0.2) is 5.97 Å². The molecule has 0 heterocycles. The summed E-state index contributed by atoms with van der Waals surface area (Å²) in [5.74, 6) is -0.136. The Morgan fingerprint density at radius 1 is 0.694 bits per heavy atom. The van der Waals surface area contributed by atoms with Crippen molar-refractivity contribution in [2.24, 2.45) is 0 Å². The molecule has 3 rings (SSSR count). The summed E-state index contributed by atoms with van der Waals surface area (Å²) in [6.07, 6.45) is 13.2. The number of aryl methyl sites for hydroxylation is 2. The molecular formula is C33H39NO2. The van der Waals surface area contributed by atoms with Gasteiger partial charge in [-0.05, 0) is 72.2 Å². The zero-order chi connectivity index (χ0) is 25.6. The van der Waals surface area contributed by atoms with E-state index in [-0.39, 0.29) is 0 Å². The summed E-state index contributed by atoms with van der Waals surface area (Å²) in [6.45, 7) is 4.44. The molecule has 0 spiro atoms. The van der Waals surface area contributed by atoms with Crippen LogP contribution in [0.3, 0.4) is 0 Å². The van der Waals surface area contributed by atoms with Gasteiger partial charge in [0.05, 0.1) is 11.1 Å². The molecule has 0 bridgehead atoms. The van der Waals surface area contributed by atoms with Crippen LogP contribution in [0.25, 0.3) is 11.1 Å². The standard InChI is InChI=1S/C33H39NO2/c1-3-5-7-9-11-13-27-16-23-32(31(24-27)25-34)36-33(35)30-21-19-29(20-22-30)28-17-14-26(15-18-28)12-10-8-6-4-2/h14-24H,3-13H2,1-2H3. The number of carbonyl (C=O) groups excluding carboxylic acids is 1. The van der Waals surface area contributed by atoms with Crippen LogP contribution in [-0.2, 0) is 12.8 Å². The highest BCUT2D eigenvalue weighted by Crippen LogP contribution is 2.24. The number of rotatable bonds is 14. The van der Waals surface area contributed by atoms with E-state index in [0.717, 1.165) is 36.0 Å². The van der Waals surface area contributed by atoms with Crippen molar-refractivity contribution >= 4 is 5.97 Å². The van der Waals surface area contributed by atoms with Crippen LogP contribution >= 0.6 is 0 Å². The highest BCUT2D eigenvalue weighted by molar-refractivity contribution is 5.92. The predicted molar refractivity (Wildman–Crippen MR) is 148 cm³/mol. The summed E-state index contributed by atoms with van der Waals surface area (Å²) in [4.78, 5) is 12.7. The van der Waals surface area contributed by atoms with E-state index >= 15 is 0 Å². The lowest BCUT2D eigenvalue weighted by Crippen LogP contribution is -2.09. The number of unbranched alkanes of at least 4 members (excludes halogenated alkanes) is 7. The molecule has 3 heteroatoms. The van der Waals surface area contributed by atoms with Gasteiger partial charge in [0.25, 0.3) is 0 Å². The molecular weight excluding hydrogens is 442 g/mol. The maximum absolute atomic E-state index is 12.7. The van der Waals surface area contributed by atoms with Gasteiger partial charge in [0.2, 0.25) is 0 Å². The number of hydrogen-bond donors (Lipinski definition) is 0.